The van der Waals surface area contributed by atoms with E-state index in [1.54, 1.807) is 0 Å². The fourth-order valence-electron chi connectivity index (χ4n) is 2.60. The van der Waals surface area contributed by atoms with E-state index in [0.29, 0.717) is 12.8 Å². The van der Waals surface area contributed by atoms with Gasteiger partial charge < -0.3 is 11.1 Å². The van der Waals surface area contributed by atoms with Gasteiger partial charge in [0.1, 0.15) is 0 Å². The Bertz CT molecular complexity index is 677. The number of nitrogens with two attached hydrogens (primary N) is 1. The minimum atomic E-state index is -0.676. The first-order valence-corrected chi connectivity index (χ1v) is 9.44. The zero-order valence-electron chi connectivity index (χ0n) is 14.0. The van der Waals surface area contributed by atoms with E-state index in [-0.39, 0.29) is 17.0 Å². The molecule has 2 aromatic carbocycles. The molecule has 0 saturated carbocycles. The molecule has 0 fully saturated rings. The maximum absolute atomic E-state index is 12.4. The van der Waals surface area contributed by atoms with Gasteiger partial charge in [0.05, 0.1) is 17.4 Å². The second kappa shape index (κ2) is 10.1. The van der Waals surface area contributed by atoms with Gasteiger partial charge in [0.25, 0.3) is 0 Å². The quantitative estimate of drug-likeness (QED) is 0.633. The lowest BCUT2D eigenvalue weighted by Gasteiger charge is -2.20. The number of carbonyl (C=O) groups excluding carboxylic acids is 2. The third kappa shape index (κ3) is 6.44. The number of benzene rings is 2. The van der Waals surface area contributed by atoms with Gasteiger partial charge in [0.15, 0.2) is 5.78 Å². The van der Waals surface area contributed by atoms with Crippen molar-refractivity contribution in [2.75, 3.05) is 5.33 Å². The Morgan fingerprint density at radius 2 is 1.52 bits per heavy atom. The Morgan fingerprint density at radius 1 is 0.960 bits per heavy atom. The van der Waals surface area contributed by atoms with Crippen LogP contribution < -0.4 is 11.1 Å². The van der Waals surface area contributed by atoms with Crippen molar-refractivity contribution in [3.63, 3.8) is 0 Å². The van der Waals surface area contributed by atoms with Crippen LogP contribution in [0.2, 0.25) is 0 Å². The molecular formula is C20H23BrN2O2. The van der Waals surface area contributed by atoms with Crippen molar-refractivity contribution in [1.82, 2.24) is 5.32 Å². The number of ketones is 1. The average molecular weight is 403 g/mol. The first-order chi connectivity index (χ1) is 12.1. The molecule has 0 spiro atoms. The van der Waals surface area contributed by atoms with Gasteiger partial charge in [-0.1, -0.05) is 76.6 Å². The standard InChI is InChI=1S/C20H23BrN2O2/c21-14-19(24)18(12-11-15-7-3-1-4-8-15)23-20(25)17(22)13-16-9-5-2-6-10-16/h1-10,17-18H,11-14,22H2,(H,23,25)/t17-,18-/m0/s1. The second-order valence-corrected chi connectivity index (χ2v) is 6.54. The van der Waals surface area contributed by atoms with Crippen molar-refractivity contribution in [1.29, 1.82) is 0 Å². The highest BCUT2D eigenvalue weighted by Gasteiger charge is 2.23. The van der Waals surface area contributed by atoms with Gasteiger partial charge in [0.2, 0.25) is 5.91 Å². The molecule has 0 aliphatic carbocycles. The molecule has 0 bridgehead atoms. The molecule has 0 aliphatic rings. The van der Waals surface area contributed by atoms with Crippen LogP contribution in [0.3, 0.4) is 0 Å². The second-order valence-electron chi connectivity index (χ2n) is 5.98. The maximum Gasteiger partial charge on any atom is 0.237 e. The number of alkyl halides is 1. The van der Waals surface area contributed by atoms with Gasteiger partial charge in [0, 0.05) is 0 Å². The van der Waals surface area contributed by atoms with Gasteiger partial charge >= 0.3 is 0 Å². The van der Waals surface area contributed by atoms with Crippen LogP contribution in [-0.4, -0.2) is 29.1 Å². The topological polar surface area (TPSA) is 72.2 Å². The summed E-state index contributed by atoms with van der Waals surface area (Å²) in [5.74, 6) is -0.340. The summed E-state index contributed by atoms with van der Waals surface area (Å²) in [4.78, 5) is 24.5. The molecule has 1 amide bonds. The van der Waals surface area contributed by atoms with Crippen molar-refractivity contribution in [2.45, 2.75) is 31.3 Å². The molecule has 5 heteroatoms. The first kappa shape index (κ1) is 19.3. The molecule has 0 radical (unpaired) electrons. The van der Waals surface area contributed by atoms with Crippen LogP contribution in [-0.2, 0) is 22.4 Å². The molecule has 0 aliphatic heterocycles. The van der Waals surface area contributed by atoms with E-state index in [1.807, 2.05) is 60.7 Å². The van der Waals surface area contributed by atoms with Crippen LogP contribution in [0.5, 0.6) is 0 Å². The van der Waals surface area contributed by atoms with Gasteiger partial charge in [-0.25, -0.2) is 0 Å². The SMILES string of the molecule is N[C@@H](Cc1ccccc1)C(=O)N[C@@H](CCc1ccccc1)C(=O)CBr. The number of Topliss-reactive ketones (excluding diaryl/α,β-unsaturated/α-hetero) is 1. The molecule has 25 heavy (non-hydrogen) atoms. The van der Waals surface area contributed by atoms with E-state index in [9.17, 15) is 9.59 Å². The molecule has 2 rings (SSSR count). The third-order valence-electron chi connectivity index (χ3n) is 4.04. The van der Waals surface area contributed by atoms with Crippen molar-refractivity contribution >= 4 is 27.6 Å². The smallest absolute Gasteiger partial charge is 0.237 e. The lowest BCUT2D eigenvalue weighted by molar-refractivity contribution is -0.127. The van der Waals surface area contributed by atoms with Gasteiger partial charge in [-0.05, 0) is 30.4 Å². The highest BCUT2D eigenvalue weighted by Crippen LogP contribution is 2.08. The zero-order chi connectivity index (χ0) is 18.1. The fourth-order valence-corrected chi connectivity index (χ4v) is 2.99. The minimum absolute atomic E-state index is 0.0452. The first-order valence-electron chi connectivity index (χ1n) is 8.32. The maximum atomic E-state index is 12.4. The Balaban J connectivity index is 1.93. The largest absolute Gasteiger partial charge is 0.345 e. The van der Waals surface area contributed by atoms with E-state index in [1.165, 1.54) is 0 Å². The van der Waals surface area contributed by atoms with Crippen molar-refractivity contribution in [2.24, 2.45) is 5.73 Å². The molecule has 0 unspecified atom stereocenters. The van der Waals surface area contributed by atoms with E-state index < -0.39 is 12.1 Å². The number of halogens is 1. The van der Waals surface area contributed by atoms with Crippen LogP contribution >= 0.6 is 15.9 Å². The third-order valence-corrected chi connectivity index (χ3v) is 4.59. The molecular weight excluding hydrogens is 380 g/mol. The molecule has 0 aromatic heterocycles. The lowest BCUT2D eigenvalue weighted by atomic mass is 10.0. The number of carbonyl (C=O) groups is 2. The van der Waals surface area contributed by atoms with Crippen LogP contribution in [0.15, 0.2) is 60.7 Å². The summed E-state index contributed by atoms with van der Waals surface area (Å²) >= 11 is 3.19. The summed E-state index contributed by atoms with van der Waals surface area (Å²) in [5, 5.41) is 3.02. The Morgan fingerprint density at radius 3 is 2.08 bits per heavy atom. The number of rotatable bonds is 9. The van der Waals surface area contributed by atoms with Crippen molar-refractivity contribution in [3.8, 4) is 0 Å². The van der Waals surface area contributed by atoms with Crippen LogP contribution in [0.25, 0.3) is 0 Å². The van der Waals surface area contributed by atoms with E-state index in [0.717, 1.165) is 17.5 Å². The normalized spacial score (nSPS) is 13.0. The molecule has 2 atom stereocenters. The Hall–Kier alpha value is -1.98. The summed E-state index contributed by atoms with van der Waals surface area (Å²) in [5.41, 5.74) is 8.15. The molecule has 132 valence electrons. The van der Waals surface area contributed by atoms with Crippen LogP contribution in [0, 0.1) is 0 Å². The predicted octanol–water partition coefficient (Wildman–Crippen LogP) is 2.64. The average Bonchev–Trinajstić information content (AvgIpc) is 2.65. The van der Waals surface area contributed by atoms with Crippen molar-refractivity contribution in [3.05, 3.63) is 71.8 Å². The molecule has 3 N–H and O–H groups in total. The minimum Gasteiger partial charge on any atom is -0.345 e. The fraction of sp³-hybridized carbons (Fsp3) is 0.300. The van der Waals surface area contributed by atoms with Crippen LogP contribution in [0.4, 0.5) is 0 Å². The molecule has 4 nitrogen and oxygen atoms in total. The summed E-state index contributed by atoms with van der Waals surface area (Å²) in [6.07, 6.45) is 1.72. The number of hydrogen-bond donors (Lipinski definition) is 2. The number of amides is 1. The van der Waals surface area contributed by atoms with E-state index in [4.69, 9.17) is 5.73 Å². The summed E-state index contributed by atoms with van der Waals surface area (Å²) in [6.45, 7) is 0. The monoisotopic (exact) mass is 402 g/mol. The Kier molecular flexibility index (Phi) is 7.82. The van der Waals surface area contributed by atoms with Gasteiger partial charge in [-0.3, -0.25) is 9.59 Å². The van der Waals surface area contributed by atoms with Gasteiger partial charge in [-0.2, -0.15) is 0 Å². The predicted molar refractivity (Wildman–Crippen MR) is 104 cm³/mol. The molecule has 0 heterocycles. The lowest BCUT2D eigenvalue weighted by Crippen LogP contribution is -2.49. The van der Waals surface area contributed by atoms with Crippen LogP contribution in [0.1, 0.15) is 17.5 Å². The number of hydrogen-bond acceptors (Lipinski definition) is 3. The van der Waals surface area contributed by atoms with Gasteiger partial charge in [-0.15, -0.1) is 0 Å². The summed E-state index contributed by atoms with van der Waals surface area (Å²) in [6, 6.07) is 18.3. The molecule has 2 aromatic rings. The highest BCUT2D eigenvalue weighted by molar-refractivity contribution is 9.09. The highest BCUT2D eigenvalue weighted by atomic mass is 79.9. The number of aryl methyl sites for hydroxylation is 1. The zero-order valence-corrected chi connectivity index (χ0v) is 15.6. The summed E-state index contributed by atoms with van der Waals surface area (Å²) in [7, 11) is 0. The van der Waals surface area contributed by atoms with E-state index in [2.05, 4.69) is 21.2 Å². The summed E-state index contributed by atoms with van der Waals surface area (Å²) < 4.78 is 0. The van der Waals surface area contributed by atoms with E-state index >= 15 is 0 Å². The number of nitrogens with one attached hydrogen (secondary N) is 1. The molecule has 0 saturated heterocycles. The van der Waals surface area contributed by atoms with Crippen molar-refractivity contribution < 1.29 is 9.59 Å². The Labute approximate surface area is 156 Å².